The summed E-state index contributed by atoms with van der Waals surface area (Å²) in [5.41, 5.74) is 21.6. The number of hydrazone groups is 1. The maximum absolute atomic E-state index is 14.4. The number of guanidine groups is 2. The number of methoxy groups -OCH3 is 1. The number of ether oxygens (including phenoxy) is 8. The summed E-state index contributed by atoms with van der Waals surface area (Å²) in [4.78, 5) is 76.8. The molecular formula is C80H128N16O27. The number of benzene rings is 2. The highest BCUT2D eigenvalue weighted by Gasteiger charge is 2.61. The number of aliphatic imine (C=N–C) groups is 2. The normalized spacial score (nSPS) is 33.3. The van der Waals surface area contributed by atoms with Crippen LogP contribution in [-0.2, 0) is 47.5 Å². The molecule has 2 amide bonds. The van der Waals surface area contributed by atoms with Crippen LogP contribution >= 0.6 is 0 Å². The van der Waals surface area contributed by atoms with Gasteiger partial charge in [-0.25, -0.2) is 15.8 Å². The fourth-order valence-electron chi connectivity index (χ4n) is 14.8. The van der Waals surface area contributed by atoms with E-state index in [-0.39, 0.29) is 82.0 Å². The number of Topliss-reactive ketones (excluding diaryl/α,β-unsaturated/α-hetero) is 1. The van der Waals surface area contributed by atoms with Crippen molar-refractivity contribution in [2.75, 3.05) is 85.6 Å². The summed E-state index contributed by atoms with van der Waals surface area (Å²) in [6.07, 6.45) is -7.52. The number of aliphatic hydroxyl groups is 11. The van der Waals surface area contributed by atoms with Gasteiger partial charge >= 0.3 is 11.8 Å². The Morgan fingerprint density at radius 3 is 1.89 bits per heavy atom. The lowest BCUT2D eigenvalue weighted by Gasteiger charge is -2.45. The van der Waals surface area contributed by atoms with Crippen LogP contribution in [0.3, 0.4) is 0 Å². The van der Waals surface area contributed by atoms with Crippen LogP contribution in [0.5, 0.6) is 23.0 Å². The summed E-state index contributed by atoms with van der Waals surface area (Å²) in [6, 6.07) is -0.510. The van der Waals surface area contributed by atoms with E-state index in [1.165, 1.54) is 85.8 Å². The number of nitrogens with zero attached hydrogens (tertiary/aromatic N) is 6. The number of aliphatic hydroxyl groups excluding tert-OH is 10. The third kappa shape index (κ3) is 25.0. The zero-order valence-corrected chi connectivity index (χ0v) is 71.6. The van der Waals surface area contributed by atoms with Crippen LogP contribution in [0.25, 0.3) is 10.8 Å². The molecule has 6 aliphatic heterocycles. The first-order chi connectivity index (χ1) is 58.1. The number of nitrogens with one attached hydrogen (secondary N) is 5. The van der Waals surface area contributed by atoms with Crippen molar-refractivity contribution < 1.29 is 133 Å². The average molecular weight is 1750 g/mol. The Balaban J connectivity index is 0.000000311. The molecule has 7 heterocycles. The number of phenols is 3. The second-order valence-corrected chi connectivity index (χ2v) is 31.2. The second-order valence-electron chi connectivity index (χ2n) is 31.2. The average Bonchev–Trinajstić information content (AvgIpc) is 1.54. The zero-order valence-electron chi connectivity index (χ0n) is 71.6. The van der Waals surface area contributed by atoms with Crippen molar-refractivity contribution in [1.82, 2.24) is 36.3 Å². The molecule has 123 heavy (non-hydrogen) atoms. The zero-order chi connectivity index (χ0) is 92.0. The number of aromatic nitrogens is 1. The van der Waals surface area contributed by atoms with Gasteiger partial charge in [0.1, 0.15) is 84.3 Å². The number of esters is 1. The first kappa shape index (κ1) is 103. The molecule has 2 aromatic carbocycles. The lowest BCUT2D eigenvalue weighted by atomic mass is 9.78. The number of carbonyl (C=O) groups is 5. The number of ketones is 1. The Morgan fingerprint density at radius 2 is 1.36 bits per heavy atom. The van der Waals surface area contributed by atoms with Crippen LogP contribution in [0.4, 0.5) is 5.69 Å². The summed E-state index contributed by atoms with van der Waals surface area (Å²) in [5, 5.41) is 168. The largest absolute Gasteiger partial charge is 0.507 e. The molecule has 4 fully saturated rings. The van der Waals surface area contributed by atoms with E-state index < -0.39 is 199 Å². The van der Waals surface area contributed by atoms with E-state index >= 15 is 0 Å². The van der Waals surface area contributed by atoms with Crippen molar-refractivity contribution in [2.45, 2.75) is 223 Å². The van der Waals surface area contributed by atoms with Crippen molar-refractivity contribution in [3.63, 3.8) is 0 Å². The molecule has 3 saturated heterocycles. The van der Waals surface area contributed by atoms with Gasteiger partial charge in [0.05, 0.1) is 85.0 Å². The molecule has 7 aliphatic rings. The van der Waals surface area contributed by atoms with Gasteiger partial charge in [0.2, 0.25) is 0 Å². The smallest absolute Gasteiger partial charge is 0.312 e. The minimum atomic E-state index is -2.38. The van der Waals surface area contributed by atoms with Gasteiger partial charge in [-0.3, -0.25) is 39.4 Å². The fraction of sp³-hybridized carbons (Fsp3) is 0.637. The van der Waals surface area contributed by atoms with Gasteiger partial charge in [0, 0.05) is 130 Å². The summed E-state index contributed by atoms with van der Waals surface area (Å²) in [5.74, 6) is -4.80. The second kappa shape index (κ2) is 46.8. The maximum Gasteiger partial charge on any atom is 0.312 e. The van der Waals surface area contributed by atoms with Crippen LogP contribution in [-0.4, -0.2) is 348 Å². The topological polar surface area (TPSA) is 689 Å². The van der Waals surface area contributed by atoms with Crippen LogP contribution in [0.1, 0.15) is 114 Å². The number of pyridine rings is 1. The van der Waals surface area contributed by atoms with Crippen molar-refractivity contribution in [1.29, 1.82) is 0 Å². The molecule has 0 radical (unpaired) electrons. The van der Waals surface area contributed by atoms with E-state index in [1.807, 2.05) is 26.3 Å². The monoisotopic (exact) mass is 1740 g/mol. The molecule has 1 saturated carbocycles. The number of likely N-dealkylation sites (N-methyl/N-ethyl adjacent to an activating group) is 2. The van der Waals surface area contributed by atoms with Crippen LogP contribution < -0.4 is 60.2 Å². The van der Waals surface area contributed by atoms with Gasteiger partial charge in [-0.05, 0) is 65.9 Å². The Bertz CT molecular complexity index is 4140. The quantitative estimate of drug-likeness (QED) is 0.00407. The highest BCUT2D eigenvalue weighted by Crippen LogP contribution is 2.55. The van der Waals surface area contributed by atoms with Gasteiger partial charge in [-0.2, -0.15) is 5.10 Å². The minimum Gasteiger partial charge on any atom is -0.507 e. The third-order valence-electron chi connectivity index (χ3n) is 22.7. The van der Waals surface area contributed by atoms with Crippen LogP contribution in [0, 0.1) is 30.6 Å². The van der Waals surface area contributed by atoms with Gasteiger partial charge in [0.25, 0.3) is 17.6 Å². The third-order valence-corrected chi connectivity index (χ3v) is 22.7. The lowest BCUT2D eigenvalue weighted by Crippen LogP contribution is -2.66. The van der Waals surface area contributed by atoms with Crippen LogP contribution in [0.15, 0.2) is 75.8 Å². The number of hydrogen-bond acceptors (Lipinski definition) is 37. The number of aldehydes is 1. The number of carbonyl (C=O) groups excluding carboxylic acids is 5. The predicted octanol–water partition coefficient (Wildman–Crippen LogP) is -4.43. The molecule has 29 N–H and O–H groups in total. The number of amides is 2. The van der Waals surface area contributed by atoms with E-state index in [0.29, 0.717) is 18.7 Å². The number of anilines is 1. The molecule has 43 nitrogen and oxygen atoms in total. The van der Waals surface area contributed by atoms with Gasteiger partial charge in [-0.15, -0.1) is 0 Å². The number of piperazine rings is 1. The highest BCUT2D eigenvalue weighted by atomic mass is 16.8. The molecule has 1 aromatic heterocycles. The molecule has 43 heteroatoms. The summed E-state index contributed by atoms with van der Waals surface area (Å²) >= 11 is 0. The maximum atomic E-state index is 14.4. The van der Waals surface area contributed by atoms with E-state index in [2.05, 4.69) is 46.2 Å². The number of nitrogen functional groups attached to an aromatic ring is 1. The number of phenolic OH excluding ortho intramolecular Hbond substituents is 3. The van der Waals surface area contributed by atoms with E-state index in [1.54, 1.807) is 57.0 Å². The molecule has 3 aromatic rings. The molecule has 10 rings (SSSR count). The summed E-state index contributed by atoms with van der Waals surface area (Å²) in [7, 11) is 4.84. The molecule has 1 aliphatic carbocycles. The van der Waals surface area contributed by atoms with Crippen molar-refractivity contribution in [3.8, 4) is 23.0 Å². The SMILES string of the molecule is CC[C@@H](CO)NCCN[C@@H](CC)CO.CN[C@@H]1[C@H](O[C@H]2[C@H](O[C@H]3[C@H](O)[C@@H](O)[C@H](N=C(N)N)[C@@H](O)[C@@H]3N=C(N)N)O[C@@H](C)[C@]2(O)C=O)O[C@@H](CO)[C@H](O)[C@H]1O.CO[C@H]1/C=C/O[C@@]2(C)Oc3c(C)c(O)c4c(O)c(c(/C=N\N5CCN(C)CC5)c(O)c4c3C2=O)NC(=O)/C(C)=C\C=C\[C@H](C)[C@@H](O)[C@@H](C)[C@@H](O)[C@@H](C)[C@H](OC(C)=O)[C@H]1C.NNC(=O)c1ccncc1. The van der Waals surface area contributed by atoms with Crippen molar-refractivity contribution >= 4 is 64.4 Å². The van der Waals surface area contributed by atoms with Gasteiger partial charge in [-0.1, -0.05) is 59.8 Å². The Morgan fingerprint density at radius 1 is 0.756 bits per heavy atom. The Kier molecular flexibility index (Phi) is 39.1. The number of fused-ring (bicyclic) bond motifs is 14. The summed E-state index contributed by atoms with van der Waals surface area (Å²) < 4.78 is 46.5. The highest BCUT2D eigenvalue weighted by molar-refractivity contribution is 6.24. The molecule has 0 spiro atoms. The minimum absolute atomic E-state index is 0.0559. The predicted molar refractivity (Wildman–Crippen MR) is 448 cm³/mol. The molecule has 5 bridgehead atoms. The number of hydrazine groups is 1. The fourth-order valence-corrected chi connectivity index (χ4v) is 14.8. The number of nitrogens with two attached hydrogens (primary N) is 5. The number of allylic oxidation sites excluding steroid dienone is 2. The first-order valence-electron chi connectivity index (χ1n) is 40.4. The van der Waals surface area contributed by atoms with E-state index in [9.17, 15) is 85.3 Å². The molecule has 26 atom stereocenters. The first-order valence-corrected chi connectivity index (χ1v) is 40.4. The van der Waals surface area contributed by atoms with E-state index in [0.717, 1.165) is 39.0 Å². The molecular weight excluding hydrogens is 1620 g/mol. The molecule has 690 valence electrons. The standard InChI is InChI=1S/C43H58N4O12.C21H39N7O12.C10H24N2O2.C6H7N3O/c1-21-12-11-13-22(2)42(55)45-33-28(20-44-47-17-15-46(9)16-18-47)37(52)30-31(38(33)53)36(51)26(6)40-32(30)41(54)43(8,59-40)57-19-14-29(56-10)23(3)39(58-27(7)48)25(5)35(50)24(4)34(21)49;1-5-21(36,4-30)16(40-17-9(26-2)13(34)10(31)6(3-29)38-17)18(37-5)39-15-8(28-20(24)25)11(32)7(27-19(22)23)12(33)14(15)35;1-3-9(7-13)11-5-6-12-10(4-2)8-14;7-9-6(10)5-1-3-8-4-2-5/h11-14,19-21,23-25,29,34-35,39,49-53H,15-18H2,1-10H3,(H,45,55);4-18,26,29,31-36H,3H2,1-2H3,(H4,22,23,27)(H4,24,25,28);9-14H,3-8H2,1-2H3;1-4H,7H2,(H,9,10)/b12-11+,19-14+,22-13-,44-20-;;;/t21-,23-,24+,25+,29-,34+,35+,39+,43-;5-,6-,7+,8-,9-,10-,11+,12-,13-,14+,15+,16-,17-,18-,21+;9-,10-;/m000./s1. The van der Waals surface area contributed by atoms with E-state index in [4.69, 9.17) is 76.9 Å². The number of hydrogen-bond donors (Lipinski definition) is 24. The molecule has 0 unspecified atom stereocenters. The van der Waals surface area contributed by atoms with Crippen molar-refractivity contribution in [2.24, 2.45) is 67.5 Å². The number of aromatic hydroxyl groups is 3. The Labute approximate surface area is 712 Å². The lowest BCUT2D eigenvalue weighted by molar-refractivity contribution is -0.314. The van der Waals surface area contributed by atoms with Gasteiger partial charge < -0.3 is 158 Å². The van der Waals surface area contributed by atoms with Crippen molar-refractivity contribution in [3.05, 3.63) is 82.9 Å². The van der Waals surface area contributed by atoms with Gasteiger partial charge in [0.15, 0.2) is 42.1 Å². The Hall–Kier alpha value is -9.01. The summed E-state index contributed by atoms with van der Waals surface area (Å²) in [6.45, 7) is 21.8. The number of rotatable bonds is 23. The van der Waals surface area contributed by atoms with Crippen LogP contribution in [0.2, 0.25) is 0 Å².